The lowest BCUT2D eigenvalue weighted by atomic mass is 10.0. The van der Waals surface area contributed by atoms with Crippen molar-refractivity contribution in [2.45, 2.75) is 57.7 Å². The van der Waals surface area contributed by atoms with E-state index in [1.54, 1.807) is 6.07 Å². The number of anilines is 2. The van der Waals surface area contributed by atoms with Crippen LogP contribution in [0.25, 0.3) is 10.9 Å². The molecule has 202 valence electrons. The van der Waals surface area contributed by atoms with Gasteiger partial charge in [0.1, 0.15) is 5.82 Å². The van der Waals surface area contributed by atoms with Crippen molar-refractivity contribution in [2.24, 2.45) is 0 Å². The number of fused-ring (bicyclic) bond motifs is 1. The average molecular weight is 530 g/mol. The van der Waals surface area contributed by atoms with Gasteiger partial charge in [0.2, 0.25) is 11.9 Å². The zero-order valence-electron chi connectivity index (χ0n) is 21.3. The molecule has 0 radical (unpaired) electrons. The SMILES string of the molecule is Cc1nc(N2CCC(N3CCCC3)CC2)nc2ccc(NC(=O)CCc3ccc(C(F)(F)F)c(F)c3)cc12. The first kappa shape index (κ1) is 26.3. The minimum absolute atomic E-state index is 0.00461. The molecule has 0 bridgehead atoms. The van der Waals surface area contributed by atoms with Crippen molar-refractivity contribution < 1.29 is 22.4 Å². The molecule has 0 aliphatic carbocycles. The second-order valence-corrected chi connectivity index (χ2v) is 10.2. The van der Waals surface area contributed by atoms with Gasteiger partial charge in [-0.15, -0.1) is 0 Å². The molecule has 5 rings (SSSR count). The number of amides is 1. The Kier molecular flexibility index (Phi) is 7.52. The molecule has 1 amide bonds. The molecule has 38 heavy (non-hydrogen) atoms. The Hall–Kier alpha value is -3.27. The zero-order chi connectivity index (χ0) is 26.9. The van der Waals surface area contributed by atoms with E-state index >= 15 is 0 Å². The Balaban J connectivity index is 1.20. The van der Waals surface area contributed by atoms with E-state index in [2.05, 4.69) is 15.1 Å². The van der Waals surface area contributed by atoms with Crippen molar-refractivity contribution in [2.75, 3.05) is 36.4 Å². The molecule has 0 atom stereocenters. The maximum atomic E-state index is 13.8. The molecule has 0 unspecified atom stereocenters. The highest BCUT2D eigenvalue weighted by atomic mass is 19.4. The van der Waals surface area contributed by atoms with Crippen LogP contribution in [-0.4, -0.2) is 53.0 Å². The summed E-state index contributed by atoms with van der Waals surface area (Å²) in [6, 6.07) is 8.84. The lowest BCUT2D eigenvalue weighted by Crippen LogP contribution is -2.44. The number of carbonyl (C=O) groups is 1. The number of hydrogen-bond donors (Lipinski definition) is 1. The molecule has 0 saturated carbocycles. The highest BCUT2D eigenvalue weighted by Crippen LogP contribution is 2.32. The van der Waals surface area contributed by atoms with E-state index in [1.807, 2.05) is 19.1 Å². The number of hydrogen-bond acceptors (Lipinski definition) is 5. The van der Waals surface area contributed by atoms with E-state index in [0.717, 1.165) is 54.5 Å². The van der Waals surface area contributed by atoms with Crippen LogP contribution < -0.4 is 10.2 Å². The summed E-state index contributed by atoms with van der Waals surface area (Å²) < 4.78 is 52.0. The maximum absolute atomic E-state index is 13.8. The fourth-order valence-corrected chi connectivity index (χ4v) is 5.45. The molecule has 2 aliphatic heterocycles. The average Bonchev–Trinajstić information content (AvgIpc) is 3.42. The molecule has 2 aromatic carbocycles. The topological polar surface area (TPSA) is 61.4 Å². The van der Waals surface area contributed by atoms with Crippen LogP contribution in [0.3, 0.4) is 0 Å². The fraction of sp³-hybridized carbons (Fsp3) is 0.464. The van der Waals surface area contributed by atoms with E-state index in [0.29, 0.717) is 23.4 Å². The molecule has 3 heterocycles. The highest BCUT2D eigenvalue weighted by Gasteiger charge is 2.34. The number of likely N-dealkylation sites (tertiary alicyclic amines) is 1. The van der Waals surface area contributed by atoms with Gasteiger partial charge in [-0.25, -0.2) is 14.4 Å². The predicted molar refractivity (Wildman–Crippen MR) is 139 cm³/mol. The molecule has 1 aromatic heterocycles. The first-order valence-corrected chi connectivity index (χ1v) is 13.1. The largest absolute Gasteiger partial charge is 0.419 e. The number of rotatable bonds is 6. The van der Waals surface area contributed by atoms with E-state index in [9.17, 15) is 22.4 Å². The minimum Gasteiger partial charge on any atom is -0.341 e. The van der Waals surface area contributed by atoms with Gasteiger partial charge in [-0.2, -0.15) is 13.2 Å². The molecule has 3 aromatic rings. The van der Waals surface area contributed by atoms with Crippen molar-refractivity contribution in [3.8, 4) is 0 Å². The van der Waals surface area contributed by atoms with Gasteiger partial charge in [0.25, 0.3) is 0 Å². The molecule has 6 nitrogen and oxygen atoms in total. The van der Waals surface area contributed by atoms with E-state index in [4.69, 9.17) is 9.97 Å². The Morgan fingerprint density at radius 1 is 1.03 bits per heavy atom. The van der Waals surface area contributed by atoms with Gasteiger partial charge in [0.05, 0.1) is 16.8 Å². The standard InChI is InChI=1S/C28H31F4N5O/c1-18-22-17-20(34-26(38)9-5-19-4-7-23(24(29)16-19)28(30,31)32)6-8-25(22)35-27(33-18)37-14-10-21(11-15-37)36-12-2-3-13-36/h4,6-8,16-17,21H,2-3,5,9-15H2,1H3,(H,34,38). The van der Waals surface area contributed by atoms with Gasteiger partial charge in [-0.05, 0) is 88.0 Å². The number of nitrogens with zero attached hydrogens (tertiary/aromatic N) is 4. The summed E-state index contributed by atoms with van der Waals surface area (Å²) in [5.74, 6) is -0.924. The van der Waals surface area contributed by atoms with Crippen LogP contribution in [0, 0.1) is 12.7 Å². The highest BCUT2D eigenvalue weighted by molar-refractivity contribution is 5.94. The number of aryl methyl sites for hydroxylation is 2. The quantitative estimate of drug-likeness (QED) is 0.413. The lowest BCUT2D eigenvalue weighted by Gasteiger charge is -2.36. The number of piperidine rings is 1. The van der Waals surface area contributed by atoms with Gasteiger partial charge >= 0.3 is 6.18 Å². The normalized spacial score (nSPS) is 17.3. The van der Waals surface area contributed by atoms with Crippen molar-refractivity contribution in [3.05, 3.63) is 59.0 Å². The lowest BCUT2D eigenvalue weighted by molar-refractivity contribution is -0.140. The first-order valence-electron chi connectivity index (χ1n) is 13.1. The summed E-state index contributed by atoms with van der Waals surface area (Å²) in [5, 5.41) is 3.64. The van der Waals surface area contributed by atoms with Gasteiger partial charge in [-0.1, -0.05) is 6.07 Å². The van der Waals surface area contributed by atoms with E-state index < -0.39 is 17.6 Å². The number of carbonyl (C=O) groups excluding carboxylic acids is 1. The zero-order valence-corrected chi connectivity index (χ0v) is 21.3. The van der Waals surface area contributed by atoms with Crippen LogP contribution in [0.2, 0.25) is 0 Å². The van der Waals surface area contributed by atoms with Gasteiger partial charge in [-0.3, -0.25) is 4.79 Å². The molecule has 0 spiro atoms. The number of alkyl halides is 3. The fourth-order valence-electron chi connectivity index (χ4n) is 5.45. The summed E-state index contributed by atoms with van der Waals surface area (Å²) in [4.78, 5) is 26.9. The molecule has 2 fully saturated rings. The van der Waals surface area contributed by atoms with Crippen LogP contribution in [0.1, 0.15) is 48.9 Å². The Morgan fingerprint density at radius 3 is 2.45 bits per heavy atom. The number of aromatic nitrogens is 2. The summed E-state index contributed by atoms with van der Waals surface area (Å²) in [5.41, 5.74) is 1.21. The van der Waals surface area contributed by atoms with Gasteiger partial charge < -0.3 is 15.1 Å². The van der Waals surface area contributed by atoms with E-state index in [1.165, 1.54) is 32.0 Å². The van der Waals surface area contributed by atoms with Crippen molar-refractivity contribution in [3.63, 3.8) is 0 Å². The van der Waals surface area contributed by atoms with Crippen LogP contribution in [0.15, 0.2) is 36.4 Å². The van der Waals surface area contributed by atoms with Crippen molar-refractivity contribution >= 4 is 28.4 Å². The van der Waals surface area contributed by atoms with Crippen LogP contribution in [-0.2, 0) is 17.4 Å². The third kappa shape index (κ3) is 5.90. The van der Waals surface area contributed by atoms with Gasteiger partial charge in [0, 0.05) is 36.6 Å². The monoisotopic (exact) mass is 529 g/mol. The molecule has 10 heteroatoms. The minimum atomic E-state index is -4.75. The molecular formula is C28H31F4N5O. The first-order chi connectivity index (χ1) is 18.2. The number of benzene rings is 2. The molecule has 2 saturated heterocycles. The van der Waals surface area contributed by atoms with E-state index in [-0.39, 0.29) is 18.7 Å². The molecule has 1 N–H and O–H groups in total. The van der Waals surface area contributed by atoms with Crippen LogP contribution >= 0.6 is 0 Å². The summed E-state index contributed by atoms with van der Waals surface area (Å²) >= 11 is 0. The number of halogens is 4. The Morgan fingerprint density at radius 2 is 1.76 bits per heavy atom. The Labute approximate surface area is 219 Å². The maximum Gasteiger partial charge on any atom is 0.419 e. The third-order valence-corrected chi connectivity index (χ3v) is 7.54. The summed E-state index contributed by atoms with van der Waals surface area (Å²) in [6.07, 6.45) is 0.209. The second-order valence-electron chi connectivity index (χ2n) is 10.2. The second kappa shape index (κ2) is 10.8. The predicted octanol–water partition coefficient (Wildman–Crippen LogP) is 5.73. The van der Waals surface area contributed by atoms with Crippen molar-refractivity contribution in [1.82, 2.24) is 14.9 Å². The third-order valence-electron chi connectivity index (χ3n) is 7.54. The number of nitrogens with one attached hydrogen (secondary N) is 1. The molecule has 2 aliphatic rings. The van der Waals surface area contributed by atoms with Crippen LogP contribution in [0.5, 0.6) is 0 Å². The summed E-state index contributed by atoms with van der Waals surface area (Å²) in [7, 11) is 0. The van der Waals surface area contributed by atoms with Crippen LogP contribution in [0.4, 0.5) is 29.2 Å². The van der Waals surface area contributed by atoms with Gasteiger partial charge in [0.15, 0.2) is 0 Å². The molecular weight excluding hydrogens is 498 g/mol. The Bertz CT molecular complexity index is 1310. The van der Waals surface area contributed by atoms with Crippen molar-refractivity contribution in [1.29, 1.82) is 0 Å². The smallest absolute Gasteiger partial charge is 0.341 e. The summed E-state index contributed by atoms with van der Waals surface area (Å²) in [6.45, 7) is 6.22.